The first-order chi connectivity index (χ1) is 17.2. The highest BCUT2D eigenvalue weighted by atomic mass is 35.5. The summed E-state index contributed by atoms with van der Waals surface area (Å²) in [4.78, 5) is 28.9. The Labute approximate surface area is 216 Å². The first kappa shape index (κ1) is 24.2. The molecule has 0 saturated heterocycles. The number of fused-ring (bicyclic) bond motifs is 1. The molecule has 0 fully saturated rings. The molecule has 2 aliphatic rings. The lowest BCUT2D eigenvalue weighted by Gasteiger charge is -2.36. The van der Waals surface area contributed by atoms with Crippen LogP contribution in [0.1, 0.15) is 49.8 Å². The molecule has 1 aliphatic carbocycles. The number of amides is 1. The van der Waals surface area contributed by atoms with Gasteiger partial charge >= 0.3 is 0 Å². The second-order valence-electron chi connectivity index (χ2n) is 10.3. The first-order valence-electron chi connectivity index (χ1n) is 12.2. The number of hydrogen-bond donors (Lipinski definition) is 2. The quantitative estimate of drug-likeness (QED) is 0.435. The average molecular weight is 504 g/mol. The molecular weight excluding hydrogens is 474 g/mol. The van der Waals surface area contributed by atoms with E-state index in [0.717, 1.165) is 34.8 Å². The standard InChI is InChI=1S/C29H30ClN3O3/c1-18-12-13-25(36-18)28-27-22(14-29(2,3)15-24(27)34)32-21-10-6-7-11-23(21)33(28)17-26(35)31-16-19-8-4-5-9-20(19)30/h4-13,28,32H,14-17H2,1-3H3,(H,31,35). The van der Waals surface area contributed by atoms with Crippen LogP contribution in [0.25, 0.3) is 0 Å². The van der Waals surface area contributed by atoms with Crippen molar-refractivity contribution in [3.05, 3.63) is 94.0 Å². The van der Waals surface area contributed by atoms with Crippen LogP contribution in [0, 0.1) is 12.3 Å². The maximum absolute atomic E-state index is 13.6. The Morgan fingerprint density at radius 1 is 1.11 bits per heavy atom. The van der Waals surface area contributed by atoms with Crippen molar-refractivity contribution >= 4 is 34.7 Å². The number of anilines is 2. The first-order valence-corrected chi connectivity index (χ1v) is 12.5. The Kier molecular flexibility index (Phi) is 6.39. The summed E-state index contributed by atoms with van der Waals surface area (Å²) in [6.45, 7) is 6.46. The minimum atomic E-state index is -0.528. The molecule has 3 aromatic rings. The highest BCUT2D eigenvalue weighted by Crippen LogP contribution is 2.48. The zero-order valence-electron chi connectivity index (χ0n) is 20.7. The van der Waals surface area contributed by atoms with Gasteiger partial charge in [0.2, 0.25) is 5.91 Å². The average Bonchev–Trinajstić information content (AvgIpc) is 3.19. The van der Waals surface area contributed by atoms with Crippen LogP contribution in [0.3, 0.4) is 0 Å². The summed E-state index contributed by atoms with van der Waals surface area (Å²) in [5.74, 6) is 1.29. The number of nitrogens with one attached hydrogen (secondary N) is 2. The Morgan fingerprint density at radius 2 is 1.86 bits per heavy atom. The molecule has 1 unspecified atom stereocenters. The van der Waals surface area contributed by atoms with Crippen LogP contribution in [0.15, 0.2) is 76.4 Å². The Bertz CT molecular complexity index is 1360. The number of benzene rings is 2. The number of carbonyl (C=O) groups excluding carboxylic acids is 2. The number of rotatable bonds is 5. The normalized spacial score (nSPS) is 18.7. The molecule has 1 aromatic heterocycles. The van der Waals surface area contributed by atoms with Crippen molar-refractivity contribution in [1.29, 1.82) is 0 Å². The zero-order chi connectivity index (χ0) is 25.4. The largest absolute Gasteiger partial charge is 0.464 e. The summed E-state index contributed by atoms with van der Waals surface area (Å²) in [6.07, 6.45) is 1.16. The number of aryl methyl sites for hydroxylation is 1. The van der Waals surface area contributed by atoms with Gasteiger partial charge in [0, 0.05) is 29.3 Å². The fourth-order valence-corrected chi connectivity index (χ4v) is 5.37. The van der Waals surface area contributed by atoms with Gasteiger partial charge in [-0.2, -0.15) is 0 Å². The molecule has 186 valence electrons. The van der Waals surface area contributed by atoms with E-state index >= 15 is 0 Å². The number of carbonyl (C=O) groups is 2. The number of ketones is 1. The predicted molar refractivity (Wildman–Crippen MR) is 142 cm³/mol. The molecule has 36 heavy (non-hydrogen) atoms. The predicted octanol–water partition coefficient (Wildman–Crippen LogP) is 6.17. The van der Waals surface area contributed by atoms with Crippen molar-refractivity contribution in [3.8, 4) is 0 Å². The van der Waals surface area contributed by atoms with Crippen LogP contribution in [0.5, 0.6) is 0 Å². The van der Waals surface area contributed by atoms with Gasteiger partial charge in [-0.1, -0.05) is 55.8 Å². The van der Waals surface area contributed by atoms with Crippen molar-refractivity contribution in [2.75, 3.05) is 16.8 Å². The smallest absolute Gasteiger partial charge is 0.239 e. The number of hydrogen-bond acceptors (Lipinski definition) is 5. The number of halogens is 1. The summed E-state index contributed by atoms with van der Waals surface area (Å²) in [5.41, 5.74) is 3.94. The van der Waals surface area contributed by atoms with E-state index < -0.39 is 6.04 Å². The summed E-state index contributed by atoms with van der Waals surface area (Å²) in [5, 5.41) is 7.15. The molecule has 0 saturated carbocycles. The molecular formula is C29H30ClN3O3. The number of Topliss-reactive ketones (excluding diaryl/α,β-unsaturated/α-hetero) is 1. The van der Waals surface area contributed by atoms with Gasteiger partial charge in [-0.05, 0) is 54.7 Å². The lowest BCUT2D eigenvalue weighted by atomic mass is 9.74. The third-order valence-corrected chi connectivity index (χ3v) is 7.15. The fourth-order valence-electron chi connectivity index (χ4n) is 5.17. The third-order valence-electron chi connectivity index (χ3n) is 6.78. The van der Waals surface area contributed by atoms with Gasteiger partial charge < -0.3 is 20.0 Å². The fraction of sp³-hybridized carbons (Fsp3) is 0.310. The van der Waals surface area contributed by atoms with Crippen molar-refractivity contribution in [2.24, 2.45) is 5.41 Å². The molecule has 2 heterocycles. The van der Waals surface area contributed by atoms with Crippen LogP contribution in [0.2, 0.25) is 5.02 Å². The third kappa shape index (κ3) is 4.78. The van der Waals surface area contributed by atoms with Crippen LogP contribution in [0.4, 0.5) is 11.4 Å². The lowest BCUT2D eigenvalue weighted by molar-refractivity contribution is -0.121. The second kappa shape index (κ2) is 9.51. The molecule has 0 spiro atoms. The van der Waals surface area contributed by atoms with E-state index in [2.05, 4.69) is 24.5 Å². The second-order valence-corrected chi connectivity index (χ2v) is 10.7. The van der Waals surface area contributed by atoms with Gasteiger partial charge in [0.25, 0.3) is 0 Å². The molecule has 1 aliphatic heterocycles. The summed E-state index contributed by atoms with van der Waals surface area (Å²) in [6, 6.07) is 18.6. The van der Waals surface area contributed by atoms with Crippen molar-refractivity contribution < 1.29 is 14.0 Å². The van der Waals surface area contributed by atoms with Crippen molar-refractivity contribution in [2.45, 2.75) is 46.2 Å². The Hall–Kier alpha value is -3.51. The molecule has 5 rings (SSSR count). The molecule has 1 atom stereocenters. The van der Waals surface area contributed by atoms with E-state index in [1.807, 2.05) is 66.4 Å². The minimum absolute atomic E-state index is 0.0427. The molecule has 2 aromatic carbocycles. The summed E-state index contributed by atoms with van der Waals surface area (Å²) in [7, 11) is 0. The molecule has 0 bridgehead atoms. The Morgan fingerprint density at radius 3 is 2.61 bits per heavy atom. The van der Waals surface area contributed by atoms with Crippen LogP contribution >= 0.6 is 11.6 Å². The van der Waals surface area contributed by atoms with E-state index in [4.69, 9.17) is 16.0 Å². The van der Waals surface area contributed by atoms with Crippen LogP contribution in [-0.2, 0) is 16.1 Å². The SMILES string of the molecule is Cc1ccc(C2C3=C(CC(C)(C)CC3=O)Nc3ccccc3N2CC(=O)NCc2ccccc2Cl)o1. The highest BCUT2D eigenvalue weighted by Gasteiger charge is 2.43. The molecule has 1 amide bonds. The molecule has 7 heteroatoms. The van der Waals surface area contributed by atoms with Gasteiger partial charge in [0.05, 0.1) is 17.9 Å². The van der Waals surface area contributed by atoms with E-state index in [1.54, 1.807) is 6.07 Å². The Balaban J connectivity index is 1.56. The number of nitrogens with zero attached hydrogens (tertiary/aromatic N) is 1. The van der Waals surface area contributed by atoms with Gasteiger partial charge in [-0.15, -0.1) is 0 Å². The molecule has 0 radical (unpaired) electrons. The number of para-hydroxylation sites is 2. The topological polar surface area (TPSA) is 74.6 Å². The van der Waals surface area contributed by atoms with E-state index in [9.17, 15) is 9.59 Å². The van der Waals surface area contributed by atoms with E-state index in [0.29, 0.717) is 29.3 Å². The highest BCUT2D eigenvalue weighted by molar-refractivity contribution is 6.31. The van der Waals surface area contributed by atoms with E-state index in [1.165, 1.54) is 0 Å². The maximum Gasteiger partial charge on any atom is 0.239 e. The molecule has 6 nitrogen and oxygen atoms in total. The van der Waals surface area contributed by atoms with Crippen molar-refractivity contribution in [3.63, 3.8) is 0 Å². The van der Waals surface area contributed by atoms with E-state index in [-0.39, 0.29) is 23.7 Å². The van der Waals surface area contributed by atoms with Gasteiger partial charge in [-0.25, -0.2) is 0 Å². The van der Waals surface area contributed by atoms with Gasteiger partial charge in [0.1, 0.15) is 17.6 Å². The van der Waals surface area contributed by atoms with Crippen LogP contribution in [-0.4, -0.2) is 18.2 Å². The molecule has 2 N–H and O–H groups in total. The zero-order valence-corrected chi connectivity index (χ0v) is 21.5. The van der Waals surface area contributed by atoms with Gasteiger partial charge in [-0.3, -0.25) is 9.59 Å². The summed E-state index contributed by atoms with van der Waals surface area (Å²) < 4.78 is 6.09. The van der Waals surface area contributed by atoms with Crippen LogP contribution < -0.4 is 15.5 Å². The number of furan rings is 1. The minimum Gasteiger partial charge on any atom is -0.464 e. The van der Waals surface area contributed by atoms with Crippen molar-refractivity contribution in [1.82, 2.24) is 5.32 Å². The number of allylic oxidation sites excluding steroid dienone is 1. The lowest BCUT2D eigenvalue weighted by Crippen LogP contribution is -2.41. The monoisotopic (exact) mass is 503 g/mol. The van der Waals surface area contributed by atoms with Gasteiger partial charge in [0.15, 0.2) is 5.78 Å². The summed E-state index contributed by atoms with van der Waals surface area (Å²) >= 11 is 6.28. The maximum atomic E-state index is 13.6.